The number of alkyl halides is 1. The first-order valence-electron chi connectivity index (χ1n) is 7.28. The van der Waals surface area contributed by atoms with Crippen LogP contribution in [-0.2, 0) is 16.0 Å². The Balaban J connectivity index is 2.14. The lowest BCUT2D eigenvalue weighted by Crippen LogP contribution is -2.41. The molecule has 1 aliphatic rings. The molecule has 110 valence electrons. The summed E-state index contributed by atoms with van der Waals surface area (Å²) < 4.78 is 25.6. The van der Waals surface area contributed by atoms with Gasteiger partial charge >= 0.3 is 7.12 Å². The number of hydrogen-bond donors (Lipinski definition) is 0. The molecule has 4 heteroatoms. The normalized spacial score (nSPS) is 20.1. The Bertz CT molecular complexity index is 660. The second-order valence-electron chi connectivity index (χ2n) is 6.58. The number of halogens is 1. The molecular weight excluding hydrogens is 266 g/mol. The standard InChI is InChI=1S/C17H20BFO2/c1-16(2)17(3,4)21-18(20-16)14-10-6-8-12-7-5-9-13(11-19)15(12)14/h5-10H,11H2,1-4H3. The fraction of sp³-hybridized carbons (Fsp3) is 0.412. The highest BCUT2D eigenvalue weighted by molar-refractivity contribution is 6.65. The zero-order valence-electron chi connectivity index (χ0n) is 12.9. The minimum atomic E-state index is -0.492. The van der Waals surface area contributed by atoms with Crippen molar-refractivity contribution in [1.82, 2.24) is 0 Å². The van der Waals surface area contributed by atoms with E-state index in [2.05, 4.69) is 0 Å². The molecule has 1 saturated heterocycles. The Kier molecular flexibility index (Phi) is 3.34. The molecule has 0 saturated carbocycles. The van der Waals surface area contributed by atoms with E-state index in [1.165, 1.54) is 0 Å². The smallest absolute Gasteiger partial charge is 0.399 e. The van der Waals surface area contributed by atoms with Crippen molar-refractivity contribution in [3.63, 3.8) is 0 Å². The van der Waals surface area contributed by atoms with Gasteiger partial charge in [0.1, 0.15) is 6.67 Å². The number of fused-ring (bicyclic) bond motifs is 1. The summed E-state index contributed by atoms with van der Waals surface area (Å²) in [6, 6.07) is 11.6. The maximum atomic E-state index is 13.3. The van der Waals surface area contributed by atoms with Crippen molar-refractivity contribution in [2.75, 3.05) is 0 Å². The van der Waals surface area contributed by atoms with Crippen molar-refractivity contribution >= 4 is 23.4 Å². The van der Waals surface area contributed by atoms with Crippen molar-refractivity contribution in [1.29, 1.82) is 0 Å². The summed E-state index contributed by atoms with van der Waals surface area (Å²) in [5.41, 5.74) is 0.784. The van der Waals surface area contributed by atoms with Crippen LogP contribution in [0.3, 0.4) is 0 Å². The topological polar surface area (TPSA) is 18.5 Å². The van der Waals surface area contributed by atoms with E-state index in [9.17, 15) is 4.39 Å². The highest BCUT2D eigenvalue weighted by Gasteiger charge is 2.52. The van der Waals surface area contributed by atoms with Crippen molar-refractivity contribution in [3.05, 3.63) is 42.0 Å². The van der Waals surface area contributed by atoms with E-state index in [4.69, 9.17) is 9.31 Å². The summed E-state index contributed by atoms with van der Waals surface area (Å²) in [6.45, 7) is 7.60. The molecule has 1 fully saturated rings. The van der Waals surface area contributed by atoms with Crippen LogP contribution in [0.1, 0.15) is 33.3 Å². The molecule has 0 N–H and O–H groups in total. The lowest BCUT2D eigenvalue weighted by molar-refractivity contribution is 0.00578. The van der Waals surface area contributed by atoms with Gasteiger partial charge in [-0.05, 0) is 49.5 Å². The van der Waals surface area contributed by atoms with Crippen LogP contribution in [0.15, 0.2) is 36.4 Å². The molecule has 0 radical (unpaired) electrons. The first-order valence-corrected chi connectivity index (χ1v) is 7.28. The van der Waals surface area contributed by atoms with Gasteiger partial charge in [-0.15, -0.1) is 0 Å². The lowest BCUT2D eigenvalue weighted by atomic mass is 9.75. The largest absolute Gasteiger partial charge is 0.495 e. The summed E-state index contributed by atoms with van der Waals surface area (Å²) in [5, 5.41) is 1.92. The highest BCUT2D eigenvalue weighted by Crippen LogP contribution is 2.37. The molecule has 1 aliphatic heterocycles. The van der Waals surface area contributed by atoms with Gasteiger partial charge in [-0.1, -0.05) is 36.4 Å². The van der Waals surface area contributed by atoms with Crippen LogP contribution in [0.5, 0.6) is 0 Å². The van der Waals surface area contributed by atoms with Crippen molar-refractivity contribution in [2.24, 2.45) is 0 Å². The number of rotatable bonds is 2. The van der Waals surface area contributed by atoms with Crippen LogP contribution in [0.25, 0.3) is 10.8 Å². The van der Waals surface area contributed by atoms with Gasteiger partial charge in [-0.2, -0.15) is 0 Å². The maximum absolute atomic E-state index is 13.3. The molecule has 2 nitrogen and oxygen atoms in total. The Morgan fingerprint density at radius 1 is 0.952 bits per heavy atom. The van der Waals surface area contributed by atoms with E-state index in [1.807, 2.05) is 64.1 Å². The average molecular weight is 286 g/mol. The molecule has 2 aromatic rings. The third-order valence-electron chi connectivity index (χ3n) is 4.67. The number of benzene rings is 2. The summed E-state index contributed by atoms with van der Waals surface area (Å²) in [7, 11) is -0.466. The summed E-state index contributed by atoms with van der Waals surface area (Å²) >= 11 is 0. The van der Waals surface area contributed by atoms with E-state index in [0.29, 0.717) is 5.56 Å². The van der Waals surface area contributed by atoms with Crippen LogP contribution in [0.2, 0.25) is 0 Å². The second-order valence-corrected chi connectivity index (χ2v) is 6.58. The van der Waals surface area contributed by atoms with Gasteiger partial charge < -0.3 is 9.31 Å². The zero-order valence-corrected chi connectivity index (χ0v) is 12.9. The van der Waals surface area contributed by atoms with Crippen LogP contribution in [0, 0.1) is 0 Å². The summed E-state index contributed by atoms with van der Waals surface area (Å²) in [4.78, 5) is 0. The molecule has 1 heterocycles. The van der Waals surface area contributed by atoms with E-state index in [-0.39, 0.29) is 0 Å². The molecule has 2 aromatic carbocycles. The first kappa shape index (κ1) is 14.5. The van der Waals surface area contributed by atoms with E-state index in [0.717, 1.165) is 16.2 Å². The molecule has 21 heavy (non-hydrogen) atoms. The highest BCUT2D eigenvalue weighted by atomic mass is 19.1. The molecular formula is C17H20BFO2. The van der Waals surface area contributed by atoms with Gasteiger partial charge in [0.15, 0.2) is 0 Å². The second kappa shape index (κ2) is 4.82. The summed E-state index contributed by atoms with van der Waals surface area (Å²) in [5.74, 6) is 0. The van der Waals surface area contributed by atoms with Gasteiger partial charge in [0.25, 0.3) is 0 Å². The molecule has 0 spiro atoms. The van der Waals surface area contributed by atoms with E-state index in [1.54, 1.807) is 0 Å². The van der Waals surface area contributed by atoms with Crippen molar-refractivity contribution in [3.8, 4) is 0 Å². The molecule has 0 unspecified atom stereocenters. The van der Waals surface area contributed by atoms with E-state index < -0.39 is 25.0 Å². The Morgan fingerprint density at radius 3 is 2.10 bits per heavy atom. The van der Waals surface area contributed by atoms with Gasteiger partial charge in [-0.25, -0.2) is 4.39 Å². The molecule has 0 bridgehead atoms. The van der Waals surface area contributed by atoms with Gasteiger partial charge in [0.2, 0.25) is 0 Å². The quantitative estimate of drug-likeness (QED) is 0.785. The van der Waals surface area contributed by atoms with Gasteiger partial charge in [0, 0.05) is 0 Å². The fourth-order valence-electron chi connectivity index (χ4n) is 2.73. The lowest BCUT2D eigenvalue weighted by Gasteiger charge is -2.32. The van der Waals surface area contributed by atoms with Crippen LogP contribution in [-0.4, -0.2) is 18.3 Å². The third kappa shape index (κ3) is 2.27. The van der Waals surface area contributed by atoms with Crippen LogP contribution >= 0.6 is 0 Å². The maximum Gasteiger partial charge on any atom is 0.495 e. The van der Waals surface area contributed by atoms with E-state index >= 15 is 0 Å². The zero-order chi connectivity index (χ0) is 15.3. The SMILES string of the molecule is CC1(C)OB(c2cccc3cccc(CF)c23)OC1(C)C. The van der Waals surface area contributed by atoms with Gasteiger partial charge in [-0.3, -0.25) is 0 Å². The summed E-state index contributed by atoms with van der Waals surface area (Å²) in [6.07, 6.45) is 0. The molecule has 0 amide bonds. The average Bonchev–Trinajstić information content (AvgIpc) is 2.66. The third-order valence-corrected chi connectivity index (χ3v) is 4.67. The Labute approximate surface area is 125 Å². The molecule has 0 aliphatic carbocycles. The Morgan fingerprint density at radius 2 is 1.52 bits per heavy atom. The van der Waals surface area contributed by atoms with Crippen molar-refractivity contribution in [2.45, 2.75) is 45.6 Å². The fourth-order valence-corrected chi connectivity index (χ4v) is 2.73. The minimum absolute atomic E-state index is 0.398. The predicted octanol–water partition coefficient (Wildman–Crippen LogP) is 3.61. The monoisotopic (exact) mass is 286 g/mol. The minimum Gasteiger partial charge on any atom is -0.399 e. The predicted molar refractivity (Wildman–Crippen MR) is 84.5 cm³/mol. The first-order chi connectivity index (χ1) is 9.86. The van der Waals surface area contributed by atoms with Crippen LogP contribution in [0.4, 0.5) is 4.39 Å². The Hall–Kier alpha value is -1.39. The molecule has 3 rings (SSSR count). The van der Waals surface area contributed by atoms with Gasteiger partial charge in [0.05, 0.1) is 11.2 Å². The van der Waals surface area contributed by atoms with Crippen LogP contribution < -0.4 is 5.46 Å². The van der Waals surface area contributed by atoms with Crippen molar-refractivity contribution < 1.29 is 13.7 Å². The molecule has 0 atom stereocenters. The number of hydrogen-bond acceptors (Lipinski definition) is 2. The molecule has 0 aromatic heterocycles.